The molecule has 2 aliphatic rings. The Bertz CT molecular complexity index is 1320. The molecule has 0 radical (unpaired) electrons. The van der Waals surface area contributed by atoms with Crippen molar-refractivity contribution in [2.24, 2.45) is 0 Å². The summed E-state index contributed by atoms with van der Waals surface area (Å²) in [7, 11) is 0. The lowest BCUT2D eigenvalue weighted by molar-refractivity contribution is -0.437. The van der Waals surface area contributed by atoms with Gasteiger partial charge in [0.2, 0.25) is 5.69 Å². The number of fused-ring (bicyclic) bond motifs is 2. The Morgan fingerprint density at radius 3 is 1.88 bits per heavy atom. The first-order valence-corrected chi connectivity index (χ1v) is 16.2. The standard InChI is InChI=1S/C37H55N4/c1-11-24-40-32-22-20-28(38(13-3)14-4)26-30(32)36(7,8)34(40)18-17-19-35-37(9,10)31-27-29(39(15-5)16-6)21-23-33(31)41(35)25-12-2/h17-23,26-27H,11-16,24-25H2,1-10H3/q+1. The van der Waals surface area contributed by atoms with Gasteiger partial charge < -0.3 is 14.7 Å². The number of anilines is 3. The van der Waals surface area contributed by atoms with E-state index in [-0.39, 0.29) is 10.8 Å². The van der Waals surface area contributed by atoms with E-state index >= 15 is 0 Å². The third-order valence-corrected chi connectivity index (χ3v) is 9.41. The van der Waals surface area contributed by atoms with Crippen molar-refractivity contribution in [3.8, 4) is 0 Å². The van der Waals surface area contributed by atoms with Crippen LogP contribution in [0.2, 0.25) is 0 Å². The molecule has 222 valence electrons. The molecule has 0 aliphatic carbocycles. The molecular weight excluding hydrogens is 500 g/mol. The molecule has 0 aromatic heterocycles. The first-order chi connectivity index (χ1) is 19.6. The molecule has 0 unspecified atom stereocenters. The van der Waals surface area contributed by atoms with E-state index in [1.807, 2.05) is 0 Å². The van der Waals surface area contributed by atoms with Crippen LogP contribution in [0.5, 0.6) is 0 Å². The third-order valence-electron chi connectivity index (χ3n) is 9.41. The van der Waals surface area contributed by atoms with E-state index in [4.69, 9.17) is 0 Å². The van der Waals surface area contributed by atoms with Crippen molar-refractivity contribution in [3.63, 3.8) is 0 Å². The Morgan fingerprint density at radius 2 is 1.32 bits per heavy atom. The van der Waals surface area contributed by atoms with Crippen molar-refractivity contribution in [1.82, 2.24) is 0 Å². The zero-order valence-corrected chi connectivity index (χ0v) is 27.6. The van der Waals surface area contributed by atoms with E-state index in [1.54, 1.807) is 0 Å². The Balaban J connectivity index is 1.75. The molecule has 0 saturated heterocycles. The predicted molar refractivity (Wildman–Crippen MR) is 181 cm³/mol. The third kappa shape index (κ3) is 5.47. The Hall–Kier alpha value is -3.01. The van der Waals surface area contributed by atoms with E-state index in [2.05, 4.69) is 143 Å². The van der Waals surface area contributed by atoms with Crippen LogP contribution >= 0.6 is 0 Å². The highest BCUT2D eigenvalue weighted by Gasteiger charge is 2.44. The molecule has 0 fully saturated rings. The molecule has 0 N–H and O–H groups in total. The average Bonchev–Trinajstić information content (AvgIpc) is 3.29. The van der Waals surface area contributed by atoms with Crippen molar-refractivity contribution < 1.29 is 4.58 Å². The van der Waals surface area contributed by atoms with Gasteiger partial charge >= 0.3 is 0 Å². The molecule has 0 bridgehead atoms. The number of benzene rings is 2. The molecule has 4 rings (SSSR count). The minimum atomic E-state index is -0.0569. The van der Waals surface area contributed by atoms with Crippen molar-refractivity contribution in [1.29, 1.82) is 0 Å². The van der Waals surface area contributed by atoms with E-state index in [1.165, 1.54) is 45.3 Å². The second kappa shape index (κ2) is 12.5. The summed E-state index contributed by atoms with van der Waals surface area (Å²) in [6, 6.07) is 14.2. The lowest BCUT2D eigenvalue weighted by Crippen LogP contribution is -2.28. The van der Waals surface area contributed by atoms with Crippen molar-refractivity contribution in [3.05, 3.63) is 71.5 Å². The molecular formula is C37H55N4+. The van der Waals surface area contributed by atoms with Gasteiger partial charge in [-0.1, -0.05) is 33.8 Å². The van der Waals surface area contributed by atoms with Crippen LogP contribution in [0.3, 0.4) is 0 Å². The number of nitrogens with zero attached hydrogens (tertiary/aromatic N) is 4. The topological polar surface area (TPSA) is 12.7 Å². The van der Waals surface area contributed by atoms with Crippen LogP contribution in [-0.2, 0) is 10.8 Å². The number of rotatable bonds is 12. The van der Waals surface area contributed by atoms with Gasteiger partial charge in [-0.3, -0.25) is 0 Å². The maximum atomic E-state index is 2.56. The first-order valence-electron chi connectivity index (χ1n) is 16.2. The van der Waals surface area contributed by atoms with E-state index in [0.29, 0.717) is 0 Å². The van der Waals surface area contributed by atoms with Gasteiger partial charge in [-0.15, -0.1) is 0 Å². The summed E-state index contributed by atoms with van der Waals surface area (Å²) in [5.74, 6) is 0. The Labute approximate surface area is 251 Å². The summed E-state index contributed by atoms with van der Waals surface area (Å²) >= 11 is 0. The second-order valence-corrected chi connectivity index (χ2v) is 12.6. The quantitative estimate of drug-likeness (QED) is 0.243. The lowest BCUT2D eigenvalue weighted by atomic mass is 9.81. The summed E-state index contributed by atoms with van der Waals surface area (Å²) in [6.45, 7) is 29.3. The van der Waals surface area contributed by atoms with Gasteiger partial charge in [-0.05, 0) is 89.9 Å². The smallest absolute Gasteiger partial charge is 0.209 e. The fraction of sp³-hybridized carbons (Fsp3) is 0.541. The molecule has 2 heterocycles. The highest BCUT2D eigenvalue weighted by atomic mass is 15.2. The van der Waals surface area contributed by atoms with Crippen LogP contribution in [-0.4, -0.2) is 49.6 Å². The summed E-state index contributed by atoms with van der Waals surface area (Å²) in [6.07, 6.45) is 9.35. The van der Waals surface area contributed by atoms with Gasteiger partial charge in [0.15, 0.2) is 5.71 Å². The molecule has 0 spiro atoms. The minimum absolute atomic E-state index is 0.0569. The normalized spacial score (nSPS) is 18.0. The SMILES string of the molecule is CCCN1/C(=C\C=C\C2=[N+](CCC)c3ccc(N(CC)CC)cc3C2(C)C)C(C)(C)c2cc(N(CC)CC)ccc21. The zero-order chi connectivity index (χ0) is 29.9. The van der Waals surface area contributed by atoms with Crippen LogP contribution in [0.4, 0.5) is 22.7 Å². The highest BCUT2D eigenvalue weighted by Crippen LogP contribution is 2.49. The van der Waals surface area contributed by atoms with Crippen molar-refractivity contribution >= 4 is 28.5 Å². The van der Waals surface area contributed by atoms with Crippen LogP contribution in [0.25, 0.3) is 0 Å². The monoisotopic (exact) mass is 555 g/mol. The van der Waals surface area contributed by atoms with E-state index < -0.39 is 0 Å². The molecule has 0 saturated carbocycles. The van der Waals surface area contributed by atoms with Crippen LogP contribution in [0.15, 0.2) is 60.3 Å². The molecule has 2 aromatic carbocycles. The summed E-state index contributed by atoms with van der Waals surface area (Å²) in [5, 5.41) is 0. The van der Waals surface area contributed by atoms with Crippen LogP contribution in [0, 0.1) is 0 Å². The largest absolute Gasteiger partial charge is 0.372 e. The first kappa shape index (κ1) is 30.9. The highest BCUT2D eigenvalue weighted by molar-refractivity contribution is 6.03. The molecule has 41 heavy (non-hydrogen) atoms. The predicted octanol–water partition coefficient (Wildman–Crippen LogP) is 8.81. The van der Waals surface area contributed by atoms with Gasteiger partial charge in [0.1, 0.15) is 6.54 Å². The molecule has 4 heteroatoms. The molecule has 2 aromatic rings. The molecule has 2 aliphatic heterocycles. The van der Waals surface area contributed by atoms with Crippen LogP contribution in [0.1, 0.15) is 93.2 Å². The van der Waals surface area contributed by atoms with Crippen molar-refractivity contribution in [2.45, 2.75) is 92.9 Å². The van der Waals surface area contributed by atoms with Gasteiger partial charge in [0.25, 0.3) is 0 Å². The van der Waals surface area contributed by atoms with Gasteiger partial charge in [0.05, 0.1) is 5.41 Å². The number of hydrogen-bond donors (Lipinski definition) is 0. The molecule has 0 amide bonds. The van der Waals surface area contributed by atoms with Gasteiger partial charge in [-0.2, -0.15) is 4.58 Å². The van der Waals surface area contributed by atoms with Gasteiger partial charge in [-0.25, -0.2) is 0 Å². The zero-order valence-electron chi connectivity index (χ0n) is 27.6. The Kier molecular flexibility index (Phi) is 9.41. The van der Waals surface area contributed by atoms with E-state index in [0.717, 1.165) is 52.1 Å². The van der Waals surface area contributed by atoms with Crippen LogP contribution < -0.4 is 14.7 Å². The summed E-state index contributed by atoms with van der Waals surface area (Å²) in [5.41, 5.74) is 10.9. The molecule has 0 atom stereocenters. The number of hydrogen-bond acceptors (Lipinski definition) is 3. The van der Waals surface area contributed by atoms with Gasteiger partial charge in [0, 0.05) is 85.0 Å². The Morgan fingerprint density at radius 1 is 0.732 bits per heavy atom. The molecule has 4 nitrogen and oxygen atoms in total. The van der Waals surface area contributed by atoms with E-state index in [9.17, 15) is 0 Å². The second-order valence-electron chi connectivity index (χ2n) is 12.6. The maximum Gasteiger partial charge on any atom is 0.209 e. The summed E-state index contributed by atoms with van der Waals surface area (Å²) in [4.78, 5) is 7.46. The minimum Gasteiger partial charge on any atom is -0.372 e. The van der Waals surface area contributed by atoms with Crippen molar-refractivity contribution in [2.75, 3.05) is 54.0 Å². The fourth-order valence-electron chi connectivity index (χ4n) is 7.06. The fourth-order valence-corrected chi connectivity index (χ4v) is 7.06. The maximum absolute atomic E-state index is 2.56. The summed E-state index contributed by atoms with van der Waals surface area (Å²) < 4.78 is 2.56. The lowest BCUT2D eigenvalue weighted by Gasteiger charge is -2.26. The number of allylic oxidation sites excluding steroid dienone is 4. The average molecular weight is 556 g/mol.